The maximum absolute atomic E-state index is 5.24. The van der Waals surface area contributed by atoms with E-state index in [1.165, 1.54) is 0 Å². The minimum absolute atomic E-state index is 0.779. The van der Waals surface area contributed by atoms with Crippen molar-refractivity contribution in [2.24, 2.45) is 5.10 Å². The number of anilines is 1. The zero-order chi connectivity index (χ0) is 17.1. The minimum Gasteiger partial charge on any atom is -0.497 e. The zero-order valence-corrected chi connectivity index (χ0v) is 13.7. The highest BCUT2D eigenvalue weighted by Crippen LogP contribution is 2.25. The average molecular weight is 328 g/mol. The lowest BCUT2D eigenvalue weighted by Crippen LogP contribution is -1.95. The third-order valence-corrected chi connectivity index (χ3v) is 3.95. The zero-order valence-electron chi connectivity index (χ0n) is 13.7. The van der Waals surface area contributed by atoms with E-state index in [9.17, 15) is 0 Å². The van der Waals surface area contributed by atoms with Crippen LogP contribution in [-0.4, -0.2) is 23.3 Å². The fourth-order valence-electron chi connectivity index (χ4n) is 2.67. The third kappa shape index (κ3) is 3.12. The van der Waals surface area contributed by atoms with Crippen molar-refractivity contribution in [3.05, 3.63) is 72.6 Å². The number of para-hydroxylation sites is 1. The Balaban J connectivity index is 1.59. The number of hydrazone groups is 1. The van der Waals surface area contributed by atoms with Gasteiger partial charge in [0.15, 0.2) is 0 Å². The number of methoxy groups -OCH3 is 1. The summed E-state index contributed by atoms with van der Waals surface area (Å²) >= 11 is 0. The minimum atomic E-state index is 0.779. The summed E-state index contributed by atoms with van der Waals surface area (Å²) in [4.78, 5) is 8.94. The van der Waals surface area contributed by atoms with E-state index in [1.54, 1.807) is 19.5 Å². The van der Waals surface area contributed by atoms with Gasteiger partial charge in [0, 0.05) is 23.0 Å². The summed E-state index contributed by atoms with van der Waals surface area (Å²) in [6.07, 6.45) is 3.45. The number of ether oxygens (including phenoxy) is 1. The largest absolute Gasteiger partial charge is 0.497 e. The molecule has 2 aromatic heterocycles. The number of rotatable bonds is 4. The molecule has 2 heterocycles. The molecule has 0 saturated carbocycles. The van der Waals surface area contributed by atoms with Crippen molar-refractivity contribution in [2.45, 2.75) is 0 Å². The van der Waals surface area contributed by atoms with Gasteiger partial charge in [-0.2, -0.15) is 5.10 Å². The quantitative estimate of drug-likeness (QED) is 0.450. The van der Waals surface area contributed by atoms with Gasteiger partial charge < -0.3 is 4.74 Å². The summed E-state index contributed by atoms with van der Waals surface area (Å²) in [5.74, 6) is 0.779. The molecular weight excluding hydrogens is 312 g/mol. The molecule has 2 aromatic carbocycles. The van der Waals surface area contributed by atoms with E-state index in [0.29, 0.717) is 0 Å². The van der Waals surface area contributed by atoms with Crippen molar-refractivity contribution in [3.63, 3.8) is 0 Å². The second-order valence-corrected chi connectivity index (χ2v) is 5.54. The van der Waals surface area contributed by atoms with Crippen LogP contribution in [0.15, 0.2) is 72.0 Å². The van der Waals surface area contributed by atoms with Crippen molar-refractivity contribution < 1.29 is 4.74 Å². The smallest absolute Gasteiger partial charge is 0.121 e. The number of pyridine rings is 2. The van der Waals surface area contributed by atoms with E-state index in [-0.39, 0.29) is 0 Å². The molecular formula is C20H16N4O. The van der Waals surface area contributed by atoms with Gasteiger partial charge in [0.1, 0.15) is 5.75 Å². The van der Waals surface area contributed by atoms with Crippen LogP contribution in [0.1, 0.15) is 5.69 Å². The second kappa shape index (κ2) is 6.57. The van der Waals surface area contributed by atoms with Crippen LogP contribution in [0.5, 0.6) is 5.75 Å². The molecule has 0 atom stereocenters. The lowest BCUT2D eigenvalue weighted by Gasteiger charge is -2.06. The predicted octanol–water partition coefficient (Wildman–Crippen LogP) is 4.24. The van der Waals surface area contributed by atoms with Gasteiger partial charge in [0.2, 0.25) is 0 Å². The summed E-state index contributed by atoms with van der Waals surface area (Å²) in [5.41, 5.74) is 6.55. The summed E-state index contributed by atoms with van der Waals surface area (Å²) in [6.45, 7) is 0. The summed E-state index contributed by atoms with van der Waals surface area (Å²) < 4.78 is 5.24. The highest BCUT2D eigenvalue weighted by Gasteiger charge is 2.02. The standard InChI is InChI=1S/C20H16N4O/c1-25-16-8-9-17-19(10-11-21-20(17)12-16)24-22-13-15-7-6-14-4-2-3-5-18(14)23-15/h2-13H,1H3,(H,21,24)/b22-13+. The lowest BCUT2D eigenvalue weighted by molar-refractivity contribution is 0.415. The van der Waals surface area contributed by atoms with Crippen LogP contribution in [0.4, 0.5) is 5.69 Å². The van der Waals surface area contributed by atoms with Crippen molar-refractivity contribution >= 4 is 33.7 Å². The van der Waals surface area contributed by atoms with Gasteiger partial charge in [-0.25, -0.2) is 4.98 Å². The molecule has 0 aliphatic carbocycles. The summed E-state index contributed by atoms with van der Waals surface area (Å²) in [7, 11) is 1.64. The van der Waals surface area contributed by atoms with Crippen LogP contribution in [0.2, 0.25) is 0 Å². The Bertz CT molecular complexity index is 1080. The van der Waals surface area contributed by atoms with Crippen LogP contribution in [0.25, 0.3) is 21.8 Å². The van der Waals surface area contributed by atoms with E-state index in [4.69, 9.17) is 4.74 Å². The molecule has 5 nitrogen and oxygen atoms in total. The average Bonchev–Trinajstić information content (AvgIpc) is 2.67. The fourth-order valence-corrected chi connectivity index (χ4v) is 2.67. The maximum atomic E-state index is 5.24. The number of nitrogens with zero attached hydrogens (tertiary/aromatic N) is 3. The van der Waals surface area contributed by atoms with Crippen molar-refractivity contribution in [1.82, 2.24) is 9.97 Å². The van der Waals surface area contributed by atoms with Crippen molar-refractivity contribution in [2.75, 3.05) is 12.5 Å². The molecule has 0 fully saturated rings. The molecule has 122 valence electrons. The predicted molar refractivity (Wildman–Crippen MR) is 101 cm³/mol. The first kappa shape index (κ1) is 15.1. The number of nitrogens with one attached hydrogen (secondary N) is 1. The van der Waals surface area contributed by atoms with E-state index in [1.807, 2.05) is 60.7 Å². The van der Waals surface area contributed by atoms with Gasteiger partial charge in [-0.3, -0.25) is 10.4 Å². The number of hydrogen-bond acceptors (Lipinski definition) is 5. The summed E-state index contributed by atoms with van der Waals surface area (Å²) in [6, 6.07) is 19.7. The molecule has 4 rings (SSSR count). The van der Waals surface area contributed by atoms with Crippen LogP contribution >= 0.6 is 0 Å². The van der Waals surface area contributed by atoms with Gasteiger partial charge in [-0.05, 0) is 30.3 Å². The Morgan fingerprint density at radius 3 is 2.84 bits per heavy atom. The normalized spacial score (nSPS) is 11.2. The van der Waals surface area contributed by atoms with Crippen LogP contribution in [0.3, 0.4) is 0 Å². The monoisotopic (exact) mass is 328 g/mol. The first-order valence-corrected chi connectivity index (χ1v) is 7.91. The van der Waals surface area contributed by atoms with Crippen LogP contribution in [0, 0.1) is 0 Å². The fraction of sp³-hybridized carbons (Fsp3) is 0.0500. The number of aromatic nitrogens is 2. The topological polar surface area (TPSA) is 59.4 Å². The first-order valence-electron chi connectivity index (χ1n) is 7.91. The van der Waals surface area contributed by atoms with Crippen LogP contribution < -0.4 is 10.2 Å². The lowest BCUT2D eigenvalue weighted by atomic mass is 10.2. The van der Waals surface area contributed by atoms with E-state index < -0.39 is 0 Å². The maximum Gasteiger partial charge on any atom is 0.121 e. The molecule has 0 amide bonds. The van der Waals surface area contributed by atoms with Gasteiger partial charge in [-0.15, -0.1) is 0 Å². The highest BCUT2D eigenvalue weighted by atomic mass is 16.5. The molecule has 25 heavy (non-hydrogen) atoms. The highest BCUT2D eigenvalue weighted by molar-refractivity contribution is 5.92. The molecule has 4 aromatic rings. The van der Waals surface area contributed by atoms with Gasteiger partial charge >= 0.3 is 0 Å². The number of fused-ring (bicyclic) bond motifs is 2. The van der Waals surface area contributed by atoms with E-state index in [0.717, 1.165) is 38.9 Å². The van der Waals surface area contributed by atoms with Crippen LogP contribution in [-0.2, 0) is 0 Å². The number of benzene rings is 2. The van der Waals surface area contributed by atoms with Crippen molar-refractivity contribution in [1.29, 1.82) is 0 Å². The molecule has 0 aliphatic rings. The Morgan fingerprint density at radius 2 is 1.92 bits per heavy atom. The Morgan fingerprint density at radius 1 is 1.00 bits per heavy atom. The Kier molecular flexibility index (Phi) is 3.96. The number of hydrogen-bond donors (Lipinski definition) is 1. The van der Waals surface area contributed by atoms with Gasteiger partial charge in [0.25, 0.3) is 0 Å². The third-order valence-electron chi connectivity index (χ3n) is 3.95. The molecule has 0 unspecified atom stereocenters. The van der Waals surface area contributed by atoms with Gasteiger partial charge in [0.05, 0.1) is 35.7 Å². The summed E-state index contributed by atoms with van der Waals surface area (Å²) in [5, 5.41) is 6.41. The Labute approximate surface area is 145 Å². The molecule has 0 radical (unpaired) electrons. The molecule has 0 bridgehead atoms. The molecule has 0 saturated heterocycles. The van der Waals surface area contributed by atoms with E-state index in [2.05, 4.69) is 20.5 Å². The van der Waals surface area contributed by atoms with Crippen molar-refractivity contribution in [3.8, 4) is 5.75 Å². The Hall–Kier alpha value is -3.47. The molecule has 1 N–H and O–H groups in total. The van der Waals surface area contributed by atoms with Gasteiger partial charge in [-0.1, -0.05) is 24.3 Å². The second-order valence-electron chi connectivity index (χ2n) is 5.54. The molecule has 5 heteroatoms. The molecule has 0 aliphatic heterocycles. The van der Waals surface area contributed by atoms with E-state index >= 15 is 0 Å². The first-order chi connectivity index (χ1) is 12.3. The SMILES string of the molecule is COc1ccc2c(N/N=C/c3ccc4ccccc4n3)ccnc2c1. The molecule has 0 spiro atoms.